The lowest BCUT2D eigenvalue weighted by molar-refractivity contribution is -0.120. The molecule has 1 aliphatic heterocycles. The summed E-state index contributed by atoms with van der Waals surface area (Å²) in [6.07, 6.45) is 0.867. The molecule has 0 bridgehead atoms. The van der Waals surface area contributed by atoms with Crippen LogP contribution in [-0.4, -0.2) is 41.9 Å². The van der Waals surface area contributed by atoms with Crippen molar-refractivity contribution >= 4 is 32.5 Å². The van der Waals surface area contributed by atoms with Gasteiger partial charge in [-0.15, -0.1) is 0 Å². The second-order valence-corrected chi connectivity index (χ2v) is 10.6. The zero-order chi connectivity index (χ0) is 24.6. The fourth-order valence-corrected chi connectivity index (χ4v) is 6.36. The molecule has 0 unspecified atom stereocenters. The molecule has 0 saturated carbocycles. The molecule has 2 aromatic heterocycles. The average molecular weight is 491 g/mol. The van der Waals surface area contributed by atoms with E-state index in [1.165, 1.54) is 4.31 Å². The molecule has 0 spiro atoms. The third-order valence-corrected chi connectivity index (χ3v) is 8.58. The van der Waals surface area contributed by atoms with Crippen molar-refractivity contribution < 1.29 is 17.7 Å². The van der Waals surface area contributed by atoms with Crippen LogP contribution < -0.4 is 5.32 Å². The highest BCUT2D eigenvalue weighted by Gasteiger charge is 2.35. The van der Waals surface area contributed by atoms with Gasteiger partial charge in [0.25, 0.3) is 0 Å². The zero-order valence-corrected chi connectivity index (χ0v) is 20.4. The molecule has 1 amide bonds. The number of aryl methyl sites for hydroxylation is 2. The Morgan fingerprint density at radius 2 is 1.71 bits per heavy atom. The minimum atomic E-state index is -3.72. The average Bonchev–Trinajstić information content (AvgIpc) is 3.23. The number of sulfonamides is 1. The Labute approximate surface area is 204 Å². The van der Waals surface area contributed by atoms with Crippen LogP contribution in [0.5, 0.6) is 0 Å². The zero-order valence-electron chi connectivity index (χ0n) is 19.6. The van der Waals surface area contributed by atoms with E-state index in [-0.39, 0.29) is 35.6 Å². The van der Waals surface area contributed by atoms with E-state index in [0.29, 0.717) is 24.2 Å². The van der Waals surface area contributed by atoms with E-state index in [1.807, 2.05) is 60.7 Å². The van der Waals surface area contributed by atoms with Crippen LogP contribution in [0.1, 0.15) is 24.3 Å². The molecule has 9 heteroatoms. The molecule has 2 aromatic carbocycles. The van der Waals surface area contributed by atoms with Gasteiger partial charge in [-0.3, -0.25) is 4.79 Å². The Hall–Kier alpha value is -3.56. The molecular weight excluding hydrogens is 464 g/mol. The van der Waals surface area contributed by atoms with Crippen molar-refractivity contribution in [3.63, 3.8) is 0 Å². The predicted octanol–water partition coefficient (Wildman–Crippen LogP) is 4.55. The Balaban J connectivity index is 1.34. The quantitative estimate of drug-likeness (QED) is 0.440. The van der Waals surface area contributed by atoms with Crippen molar-refractivity contribution in [2.24, 2.45) is 5.92 Å². The second-order valence-electron chi connectivity index (χ2n) is 8.76. The summed E-state index contributed by atoms with van der Waals surface area (Å²) in [5.74, 6) is -0.130. The van der Waals surface area contributed by atoms with Gasteiger partial charge in [0.15, 0.2) is 5.76 Å². The summed E-state index contributed by atoms with van der Waals surface area (Å²) in [6.45, 7) is 3.73. The summed E-state index contributed by atoms with van der Waals surface area (Å²) in [5, 5.41) is 7.72. The predicted molar refractivity (Wildman–Crippen MR) is 133 cm³/mol. The summed E-state index contributed by atoms with van der Waals surface area (Å²) in [5.41, 5.74) is 3.59. The first-order valence-electron chi connectivity index (χ1n) is 11.5. The van der Waals surface area contributed by atoms with Gasteiger partial charge >= 0.3 is 0 Å². The number of hydrogen-bond donors (Lipinski definition) is 1. The molecule has 1 N–H and O–H groups in total. The fourth-order valence-electron chi connectivity index (χ4n) is 4.60. The summed E-state index contributed by atoms with van der Waals surface area (Å²) in [4.78, 5) is 18.1. The molecule has 5 rings (SSSR count). The van der Waals surface area contributed by atoms with Gasteiger partial charge in [0.1, 0.15) is 10.6 Å². The van der Waals surface area contributed by atoms with Gasteiger partial charge in [-0.2, -0.15) is 4.31 Å². The van der Waals surface area contributed by atoms with E-state index < -0.39 is 10.0 Å². The maximum atomic E-state index is 13.2. The lowest BCUT2D eigenvalue weighted by Crippen LogP contribution is -2.41. The maximum absolute atomic E-state index is 13.2. The third kappa shape index (κ3) is 4.44. The van der Waals surface area contributed by atoms with Crippen LogP contribution in [0.3, 0.4) is 0 Å². The van der Waals surface area contributed by atoms with Crippen LogP contribution in [0.25, 0.3) is 22.2 Å². The number of fused-ring (bicyclic) bond motifs is 1. The molecular formula is C26H26N4O4S. The molecule has 1 aliphatic rings. The van der Waals surface area contributed by atoms with Crippen molar-refractivity contribution in [3.05, 3.63) is 72.1 Å². The van der Waals surface area contributed by atoms with Crippen molar-refractivity contribution in [1.29, 1.82) is 0 Å². The van der Waals surface area contributed by atoms with E-state index in [0.717, 1.165) is 22.2 Å². The Bertz CT molecular complexity index is 1470. The number of para-hydroxylation sites is 1. The number of benzene rings is 2. The standard InChI is InChI=1S/C26H26N4O4S/c1-17-25(18(2)34-29-17)35(32,33)30-14-12-20(13-15-30)26(31)28-24-16-23(19-8-4-3-5-9-19)27-22-11-7-6-10-21(22)24/h3-11,16,20H,12-15H2,1-2H3,(H,27,28,31). The molecule has 1 fully saturated rings. The normalized spacial score (nSPS) is 15.4. The van der Waals surface area contributed by atoms with Gasteiger partial charge in [-0.05, 0) is 38.8 Å². The molecule has 0 atom stereocenters. The maximum Gasteiger partial charge on any atom is 0.248 e. The number of rotatable bonds is 5. The van der Waals surface area contributed by atoms with Crippen LogP contribution in [-0.2, 0) is 14.8 Å². The number of anilines is 1. The highest BCUT2D eigenvalue weighted by Crippen LogP contribution is 2.31. The number of carbonyl (C=O) groups is 1. The van der Waals surface area contributed by atoms with Gasteiger partial charge in [-0.1, -0.05) is 53.7 Å². The van der Waals surface area contributed by atoms with Crippen molar-refractivity contribution in [2.45, 2.75) is 31.6 Å². The number of carbonyl (C=O) groups excluding carboxylic acids is 1. The number of pyridine rings is 1. The number of aromatic nitrogens is 2. The Morgan fingerprint density at radius 1 is 1.03 bits per heavy atom. The topological polar surface area (TPSA) is 105 Å². The van der Waals surface area contributed by atoms with E-state index >= 15 is 0 Å². The monoisotopic (exact) mass is 490 g/mol. The lowest BCUT2D eigenvalue weighted by atomic mass is 9.97. The van der Waals surface area contributed by atoms with Crippen LogP contribution >= 0.6 is 0 Å². The second kappa shape index (κ2) is 9.24. The number of nitrogens with zero attached hydrogens (tertiary/aromatic N) is 3. The highest BCUT2D eigenvalue weighted by atomic mass is 32.2. The third-order valence-electron chi connectivity index (χ3n) is 6.43. The molecule has 3 heterocycles. The smallest absolute Gasteiger partial charge is 0.248 e. The summed E-state index contributed by atoms with van der Waals surface area (Å²) >= 11 is 0. The van der Waals surface area contributed by atoms with Gasteiger partial charge < -0.3 is 9.84 Å². The van der Waals surface area contributed by atoms with Gasteiger partial charge in [0, 0.05) is 30.0 Å². The van der Waals surface area contributed by atoms with Crippen LogP contribution in [0, 0.1) is 19.8 Å². The molecule has 35 heavy (non-hydrogen) atoms. The number of amides is 1. The fraction of sp³-hybridized carbons (Fsp3) is 0.269. The summed E-state index contributed by atoms with van der Waals surface area (Å²) in [7, 11) is -3.72. The number of piperidine rings is 1. The summed E-state index contributed by atoms with van der Waals surface area (Å²) in [6, 6.07) is 19.4. The lowest BCUT2D eigenvalue weighted by Gasteiger charge is -2.30. The highest BCUT2D eigenvalue weighted by molar-refractivity contribution is 7.89. The Morgan fingerprint density at radius 3 is 2.40 bits per heavy atom. The van der Waals surface area contributed by atoms with Crippen molar-refractivity contribution in [1.82, 2.24) is 14.4 Å². The van der Waals surface area contributed by atoms with Crippen molar-refractivity contribution in [2.75, 3.05) is 18.4 Å². The molecule has 8 nitrogen and oxygen atoms in total. The van der Waals surface area contributed by atoms with E-state index in [9.17, 15) is 13.2 Å². The minimum Gasteiger partial charge on any atom is -0.360 e. The largest absolute Gasteiger partial charge is 0.360 e. The molecule has 180 valence electrons. The molecule has 0 aliphatic carbocycles. The van der Waals surface area contributed by atoms with E-state index in [2.05, 4.69) is 10.5 Å². The molecule has 0 radical (unpaired) electrons. The first kappa shape index (κ1) is 23.2. The molecule has 4 aromatic rings. The van der Waals surface area contributed by atoms with Gasteiger partial charge in [0.05, 0.1) is 16.9 Å². The van der Waals surface area contributed by atoms with Gasteiger partial charge in [0.2, 0.25) is 15.9 Å². The van der Waals surface area contributed by atoms with Gasteiger partial charge in [-0.25, -0.2) is 13.4 Å². The van der Waals surface area contributed by atoms with Crippen LogP contribution in [0.4, 0.5) is 5.69 Å². The first-order chi connectivity index (χ1) is 16.8. The van der Waals surface area contributed by atoms with E-state index in [4.69, 9.17) is 9.51 Å². The number of hydrogen-bond acceptors (Lipinski definition) is 6. The van der Waals surface area contributed by atoms with Crippen LogP contribution in [0.2, 0.25) is 0 Å². The van der Waals surface area contributed by atoms with Crippen molar-refractivity contribution in [3.8, 4) is 11.3 Å². The molecule has 1 saturated heterocycles. The SMILES string of the molecule is Cc1noc(C)c1S(=O)(=O)N1CCC(C(=O)Nc2cc(-c3ccccc3)nc3ccccc23)CC1. The van der Waals surface area contributed by atoms with Crippen LogP contribution in [0.15, 0.2) is 70.1 Å². The number of nitrogens with one attached hydrogen (secondary N) is 1. The summed E-state index contributed by atoms with van der Waals surface area (Å²) < 4.78 is 32.7. The first-order valence-corrected chi connectivity index (χ1v) is 13.0. The van der Waals surface area contributed by atoms with E-state index in [1.54, 1.807) is 13.8 Å². The minimum absolute atomic E-state index is 0.116. The Kier molecular flexibility index (Phi) is 6.12.